The van der Waals surface area contributed by atoms with Gasteiger partial charge in [-0.25, -0.2) is 4.98 Å². The van der Waals surface area contributed by atoms with Gasteiger partial charge >= 0.3 is 0 Å². The maximum Gasteiger partial charge on any atom is 0.130 e. The van der Waals surface area contributed by atoms with Crippen molar-refractivity contribution in [3.63, 3.8) is 0 Å². The van der Waals surface area contributed by atoms with E-state index in [4.69, 9.17) is 17.3 Å². The van der Waals surface area contributed by atoms with Gasteiger partial charge in [-0.05, 0) is 46.7 Å². The van der Waals surface area contributed by atoms with E-state index in [0.29, 0.717) is 0 Å². The number of aromatic nitrogens is 2. The molecule has 1 atom stereocenters. The normalized spacial score (nSPS) is 12.7. The summed E-state index contributed by atoms with van der Waals surface area (Å²) in [5.74, 6) is 0.883. The van der Waals surface area contributed by atoms with Gasteiger partial charge in [-0.2, -0.15) is 0 Å². The first-order valence-electron chi connectivity index (χ1n) is 5.85. The van der Waals surface area contributed by atoms with Gasteiger partial charge in [0.05, 0.1) is 11.1 Å². The van der Waals surface area contributed by atoms with Crippen molar-refractivity contribution in [1.29, 1.82) is 0 Å². The van der Waals surface area contributed by atoms with E-state index >= 15 is 0 Å². The van der Waals surface area contributed by atoms with Crippen LogP contribution in [-0.2, 0) is 6.54 Å². The second kappa shape index (κ2) is 6.04. The Morgan fingerprint density at radius 3 is 2.94 bits per heavy atom. The maximum atomic E-state index is 6.27. The molecule has 96 valence electrons. The molecule has 0 fully saturated rings. The Morgan fingerprint density at radius 2 is 2.28 bits per heavy atom. The minimum atomic E-state index is -0.235. The Labute approximate surface area is 125 Å². The Hall–Kier alpha value is -0.590. The summed E-state index contributed by atoms with van der Waals surface area (Å²) in [6.07, 6.45) is 4.82. The minimum Gasteiger partial charge on any atom is -0.333 e. The first-order chi connectivity index (χ1) is 8.63. The molecule has 18 heavy (non-hydrogen) atoms. The van der Waals surface area contributed by atoms with Crippen molar-refractivity contribution in [2.24, 2.45) is 5.73 Å². The fourth-order valence-electron chi connectivity index (χ4n) is 1.88. The highest BCUT2D eigenvalue weighted by Gasteiger charge is 2.15. The highest BCUT2D eigenvalue weighted by molar-refractivity contribution is 14.1. The molecule has 0 amide bonds. The van der Waals surface area contributed by atoms with Gasteiger partial charge in [0, 0.05) is 22.5 Å². The Bertz CT molecular complexity index is 539. The van der Waals surface area contributed by atoms with Crippen molar-refractivity contribution in [1.82, 2.24) is 9.55 Å². The lowest BCUT2D eigenvalue weighted by atomic mass is 10.1. The molecule has 1 unspecified atom stereocenters. The molecule has 1 heterocycles. The van der Waals surface area contributed by atoms with Crippen LogP contribution in [0.5, 0.6) is 0 Å². The molecule has 5 heteroatoms. The molecule has 0 aliphatic heterocycles. The average Bonchev–Trinajstić information content (AvgIpc) is 2.80. The fourth-order valence-corrected chi connectivity index (χ4v) is 2.41. The number of benzene rings is 1. The average molecular weight is 376 g/mol. The second-order valence-corrected chi connectivity index (χ2v) is 5.70. The number of nitrogens with zero attached hydrogens (tertiary/aromatic N) is 2. The van der Waals surface area contributed by atoms with E-state index in [2.05, 4.69) is 39.1 Å². The highest BCUT2D eigenvalue weighted by atomic mass is 127. The van der Waals surface area contributed by atoms with Crippen molar-refractivity contribution in [3.8, 4) is 0 Å². The SMILES string of the molecule is CCCn1ccnc1C(N)c1ccc(I)c(Cl)c1. The van der Waals surface area contributed by atoms with Crippen molar-refractivity contribution in [3.05, 3.63) is 50.6 Å². The van der Waals surface area contributed by atoms with Gasteiger partial charge in [0.15, 0.2) is 0 Å². The fraction of sp³-hybridized carbons (Fsp3) is 0.308. The molecule has 0 saturated carbocycles. The Morgan fingerprint density at radius 1 is 1.50 bits per heavy atom. The summed E-state index contributed by atoms with van der Waals surface area (Å²) in [6, 6.07) is 5.66. The molecule has 0 spiro atoms. The van der Waals surface area contributed by atoms with Crippen molar-refractivity contribution >= 4 is 34.2 Å². The molecule has 0 radical (unpaired) electrons. The van der Waals surface area contributed by atoms with Gasteiger partial charge in [0.25, 0.3) is 0 Å². The van der Waals surface area contributed by atoms with Gasteiger partial charge in [0.2, 0.25) is 0 Å². The van der Waals surface area contributed by atoms with Crippen LogP contribution < -0.4 is 5.73 Å². The number of nitrogens with two attached hydrogens (primary N) is 1. The van der Waals surface area contributed by atoms with Crippen molar-refractivity contribution < 1.29 is 0 Å². The standard InChI is InChI=1S/C13H15ClIN3/c1-2-6-18-7-5-17-13(18)12(16)9-3-4-11(15)10(14)8-9/h3-5,7-8,12H,2,6,16H2,1H3. The second-order valence-electron chi connectivity index (χ2n) is 4.13. The van der Waals surface area contributed by atoms with E-state index in [1.54, 1.807) is 6.20 Å². The molecule has 0 aliphatic carbocycles. The number of aryl methyl sites for hydroxylation is 1. The third-order valence-corrected chi connectivity index (χ3v) is 4.37. The Kier molecular flexibility index (Phi) is 4.64. The van der Waals surface area contributed by atoms with E-state index in [1.165, 1.54) is 0 Å². The lowest BCUT2D eigenvalue weighted by molar-refractivity contribution is 0.613. The largest absolute Gasteiger partial charge is 0.333 e. The zero-order valence-corrected chi connectivity index (χ0v) is 13.0. The number of hydrogen-bond donors (Lipinski definition) is 1. The van der Waals surface area contributed by atoms with Gasteiger partial charge < -0.3 is 10.3 Å². The molecule has 3 nitrogen and oxygen atoms in total. The van der Waals surface area contributed by atoms with Crippen LogP contribution in [0.25, 0.3) is 0 Å². The molecule has 2 rings (SSSR count). The maximum absolute atomic E-state index is 6.27. The summed E-state index contributed by atoms with van der Waals surface area (Å²) >= 11 is 8.33. The zero-order chi connectivity index (χ0) is 13.1. The third-order valence-electron chi connectivity index (χ3n) is 2.79. The summed E-state index contributed by atoms with van der Waals surface area (Å²) in [5.41, 5.74) is 7.26. The van der Waals surface area contributed by atoms with Gasteiger partial charge in [-0.15, -0.1) is 0 Å². The van der Waals surface area contributed by atoms with E-state index in [9.17, 15) is 0 Å². The predicted octanol–water partition coefficient (Wildman–Crippen LogP) is 3.60. The van der Waals surface area contributed by atoms with Crippen LogP contribution in [0.1, 0.15) is 30.8 Å². The molecular weight excluding hydrogens is 361 g/mol. The van der Waals surface area contributed by atoms with E-state index in [0.717, 1.165) is 32.9 Å². The monoisotopic (exact) mass is 375 g/mol. The molecule has 2 aromatic rings. The molecule has 1 aromatic heterocycles. The van der Waals surface area contributed by atoms with Crippen LogP contribution in [0, 0.1) is 3.57 Å². The summed E-state index contributed by atoms with van der Waals surface area (Å²) in [5, 5.41) is 0.733. The minimum absolute atomic E-state index is 0.235. The van der Waals surface area contributed by atoms with Gasteiger partial charge in [0.1, 0.15) is 5.82 Å². The first-order valence-corrected chi connectivity index (χ1v) is 7.30. The van der Waals surface area contributed by atoms with E-state index in [1.807, 2.05) is 24.4 Å². The molecular formula is C13H15ClIN3. The lowest BCUT2D eigenvalue weighted by Crippen LogP contribution is -2.18. The topological polar surface area (TPSA) is 43.8 Å². The molecule has 2 N–H and O–H groups in total. The Balaban J connectivity index is 2.32. The lowest BCUT2D eigenvalue weighted by Gasteiger charge is -2.14. The van der Waals surface area contributed by atoms with Crippen LogP contribution in [0.2, 0.25) is 5.02 Å². The third kappa shape index (κ3) is 2.87. The zero-order valence-electron chi connectivity index (χ0n) is 10.1. The van der Waals surface area contributed by atoms with Crippen molar-refractivity contribution in [2.45, 2.75) is 25.9 Å². The summed E-state index contributed by atoms with van der Waals surface area (Å²) in [7, 11) is 0. The first kappa shape index (κ1) is 13.8. The number of imidazole rings is 1. The van der Waals surface area contributed by atoms with Gasteiger partial charge in [-0.1, -0.05) is 24.6 Å². The van der Waals surface area contributed by atoms with Crippen LogP contribution in [0.15, 0.2) is 30.6 Å². The number of rotatable bonds is 4. The summed E-state index contributed by atoms with van der Waals surface area (Å²) < 4.78 is 3.12. The highest BCUT2D eigenvalue weighted by Crippen LogP contribution is 2.25. The molecule has 1 aromatic carbocycles. The predicted molar refractivity (Wildman–Crippen MR) is 82.7 cm³/mol. The van der Waals surface area contributed by atoms with Crippen LogP contribution in [0.3, 0.4) is 0 Å². The van der Waals surface area contributed by atoms with Crippen molar-refractivity contribution in [2.75, 3.05) is 0 Å². The molecule has 0 aliphatic rings. The summed E-state index contributed by atoms with van der Waals surface area (Å²) in [6.45, 7) is 3.07. The van der Waals surface area contributed by atoms with Crippen LogP contribution in [0.4, 0.5) is 0 Å². The van der Waals surface area contributed by atoms with E-state index < -0.39 is 0 Å². The number of hydrogen-bond acceptors (Lipinski definition) is 2. The summed E-state index contributed by atoms with van der Waals surface area (Å²) in [4.78, 5) is 4.36. The quantitative estimate of drug-likeness (QED) is 0.830. The van der Waals surface area contributed by atoms with Crippen LogP contribution >= 0.6 is 34.2 Å². The smallest absolute Gasteiger partial charge is 0.130 e. The van der Waals surface area contributed by atoms with Crippen LogP contribution in [-0.4, -0.2) is 9.55 Å². The number of halogens is 2. The van der Waals surface area contributed by atoms with Gasteiger partial charge in [-0.3, -0.25) is 0 Å². The molecule has 0 bridgehead atoms. The van der Waals surface area contributed by atoms with E-state index in [-0.39, 0.29) is 6.04 Å². The molecule has 0 saturated heterocycles.